The number of carbonyl (C=O) groups is 1. The van der Waals surface area contributed by atoms with Crippen molar-refractivity contribution in [2.45, 2.75) is 75.9 Å². The number of aliphatic hydroxyl groups is 2. The highest BCUT2D eigenvalue weighted by molar-refractivity contribution is 7.67. The van der Waals surface area contributed by atoms with Gasteiger partial charge in [0, 0.05) is 13.1 Å². The molecule has 0 spiro atoms. The van der Waals surface area contributed by atoms with Crippen LogP contribution >= 0.6 is 23.4 Å². The zero-order valence-electron chi connectivity index (χ0n) is 26.3. The third-order valence-corrected chi connectivity index (χ3v) is 12.0. The van der Waals surface area contributed by atoms with Gasteiger partial charge in [-0.15, -0.1) is 0 Å². The number of unbranched alkanes of at least 4 members (excludes halogenated alkanes) is 7. The standard InChI is InChI=1S/C26H42N7O13P3/c27-23-20-24(30-16-29-23)33(17-31-20)26-22(35)21(34)19(44-26)15-43-48(39,40)46-49(41,42)45-47(37,38)32-14-10-6-4-2-1-3-5-9-13-28-25(36)18-11-7-8-12-18/h7-8,11-12,16-19,21-22,26,34-35H,1-6,9-10,13-15H2,(H,28,36)(H,39,40)(H,41,42)(H2,27,29,30)(H2,32,37,38)/t19-,21-,22-,26-/m1/s1. The van der Waals surface area contributed by atoms with Crippen LogP contribution < -0.4 is 16.1 Å². The number of allylic oxidation sites excluding steroid dienone is 2. The molecule has 3 unspecified atom stereocenters. The van der Waals surface area contributed by atoms with E-state index in [-0.39, 0.29) is 35.4 Å². The number of aromatic nitrogens is 4. The van der Waals surface area contributed by atoms with Crippen molar-refractivity contribution < 1.29 is 61.3 Å². The third-order valence-electron chi connectivity index (χ3n) is 7.59. The van der Waals surface area contributed by atoms with Gasteiger partial charge in [-0.1, -0.05) is 62.8 Å². The van der Waals surface area contributed by atoms with Crippen molar-refractivity contribution in [2.24, 2.45) is 5.92 Å². The molecular formula is C26H42N7O13P3. The molecule has 2 aromatic rings. The Hall–Kier alpha value is -2.41. The Morgan fingerprint density at radius 2 is 1.51 bits per heavy atom. The fourth-order valence-electron chi connectivity index (χ4n) is 5.13. The minimum Gasteiger partial charge on any atom is -0.387 e. The molecule has 1 aliphatic carbocycles. The number of nitrogens with one attached hydrogen (secondary N) is 2. The van der Waals surface area contributed by atoms with Crippen LogP contribution in [0.1, 0.15) is 57.6 Å². The van der Waals surface area contributed by atoms with E-state index in [1.54, 1.807) is 0 Å². The summed E-state index contributed by atoms with van der Waals surface area (Å²) in [6.07, 6.45) is 10.6. The molecule has 0 bridgehead atoms. The van der Waals surface area contributed by atoms with Crippen molar-refractivity contribution in [3.8, 4) is 0 Å². The number of nitrogens with two attached hydrogens (primary N) is 1. The van der Waals surface area contributed by atoms with Crippen LogP contribution in [0.4, 0.5) is 5.82 Å². The predicted octanol–water partition coefficient (Wildman–Crippen LogP) is 1.95. The number of anilines is 1. The summed E-state index contributed by atoms with van der Waals surface area (Å²) in [5.41, 5.74) is 6.11. The number of carbonyl (C=O) groups excluding carboxylic acids is 1. The molecule has 0 radical (unpaired) electrons. The van der Waals surface area contributed by atoms with Crippen molar-refractivity contribution in [3.05, 3.63) is 37.0 Å². The summed E-state index contributed by atoms with van der Waals surface area (Å²) in [7, 11) is -16.0. The van der Waals surface area contributed by atoms with Crippen LogP contribution in [0, 0.1) is 5.92 Å². The average molecular weight is 754 g/mol. The van der Waals surface area contributed by atoms with Crippen LogP contribution in [-0.2, 0) is 36.4 Å². The molecule has 1 fully saturated rings. The number of hydrogen-bond donors (Lipinski definition) is 8. The van der Waals surface area contributed by atoms with Crippen LogP contribution in [-0.4, -0.2) is 88.3 Å². The van der Waals surface area contributed by atoms with Gasteiger partial charge in [0.25, 0.3) is 0 Å². The van der Waals surface area contributed by atoms with E-state index in [0.717, 1.165) is 44.9 Å². The molecule has 1 aliphatic heterocycles. The molecule has 274 valence electrons. The van der Waals surface area contributed by atoms with Crippen LogP contribution in [0.3, 0.4) is 0 Å². The van der Waals surface area contributed by atoms with Gasteiger partial charge in [0.05, 0.1) is 18.9 Å². The number of rotatable bonds is 21. The van der Waals surface area contributed by atoms with Gasteiger partial charge in [-0.05, 0) is 12.8 Å². The van der Waals surface area contributed by atoms with Crippen molar-refractivity contribution >= 4 is 46.3 Å². The molecule has 20 nitrogen and oxygen atoms in total. The molecule has 1 amide bonds. The molecule has 2 aliphatic rings. The number of fused-ring (bicyclic) bond motifs is 1. The van der Waals surface area contributed by atoms with Gasteiger partial charge in [-0.3, -0.25) is 13.9 Å². The third kappa shape index (κ3) is 11.8. The molecule has 0 aromatic carbocycles. The largest absolute Gasteiger partial charge is 0.489 e. The maximum absolute atomic E-state index is 12.4. The van der Waals surface area contributed by atoms with Gasteiger partial charge < -0.3 is 40.7 Å². The molecule has 3 heterocycles. The topological polar surface area (TPSA) is 300 Å². The number of hydrogen-bond acceptors (Lipinski definition) is 14. The van der Waals surface area contributed by atoms with Gasteiger partial charge in [-0.2, -0.15) is 8.62 Å². The monoisotopic (exact) mass is 753 g/mol. The lowest BCUT2D eigenvalue weighted by atomic mass is 10.1. The molecule has 49 heavy (non-hydrogen) atoms. The number of phosphoric ester groups is 1. The van der Waals surface area contributed by atoms with Gasteiger partial charge in [0.15, 0.2) is 17.7 Å². The summed E-state index contributed by atoms with van der Waals surface area (Å²) in [4.78, 5) is 53.5. The summed E-state index contributed by atoms with van der Waals surface area (Å²) < 4.78 is 56.7. The Labute approximate surface area is 281 Å². The quantitative estimate of drug-likeness (QED) is 0.0667. The Balaban J connectivity index is 1.09. The maximum atomic E-state index is 12.4. The number of phosphoric acid groups is 2. The summed E-state index contributed by atoms with van der Waals surface area (Å²) in [6.45, 7) is -0.349. The van der Waals surface area contributed by atoms with E-state index in [4.69, 9.17) is 10.5 Å². The fraction of sp³-hybridized carbons (Fsp3) is 0.615. The van der Waals surface area contributed by atoms with Gasteiger partial charge in [0.1, 0.15) is 30.2 Å². The number of nitrogens with zero attached hydrogens (tertiary/aromatic N) is 4. The van der Waals surface area contributed by atoms with Crippen LogP contribution in [0.5, 0.6) is 0 Å². The summed E-state index contributed by atoms with van der Waals surface area (Å²) in [5, 5.41) is 25.9. The number of aliphatic hydroxyl groups excluding tert-OH is 2. The lowest BCUT2D eigenvalue weighted by molar-refractivity contribution is -0.122. The number of ether oxygens (including phenoxy) is 1. The van der Waals surface area contributed by atoms with Gasteiger partial charge in [0.2, 0.25) is 5.91 Å². The van der Waals surface area contributed by atoms with Crippen molar-refractivity contribution in [3.63, 3.8) is 0 Å². The summed E-state index contributed by atoms with van der Waals surface area (Å²) in [6, 6.07) is 0. The number of imidazole rings is 1. The number of amides is 1. The molecule has 1 saturated heterocycles. The Morgan fingerprint density at radius 3 is 2.18 bits per heavy atom. The lowest BCUT2D eigenvalue weighted by Gasteiger charge is -2.20. The summed E-state index contributed by atoms with van der Waals surface area (Å²) >= 11 is 0. The Kier molecular flexibility index (Phi) is 14.2. The van der Waals surface area contributed by atoms with Gasteiger partial charge in [-0.25, -0.2) is 33.7 Å². The van der Waals surface area contributed by atoms with Crippen LogP contribution in [0.25, 0.3) is 11.2 Å². The predicted molar refractivity (Wildman–Crippen MR) is 173 cm³/mol. The van der Waals surface area contributed by atoms with Crippen molar-refractivity contribution in [2.75, 3.05) is 25.4 Å². The fourth-order valence-corrected chi connectivity index (χ4v) is 8.87. The van der Waals surface area contributed by atoms with E-state index in [1.165, 1.54) is 10.9 Å². The van der Waals surface area contributed by atoms with E-state index in [1.807, 2.05) is 24.3 Å². The van der Waals surface area contributed by atoms with E-state index in [9.17, 15) is 43.4 Å². The lowest BCUT2D eigenvalue weighted by Crippen LogP contribution is -2.33. The maximum Gasteiger partial charge on any atom is 0.489 e. The highest BCUT2D eigenvalue weighted by Gasteiger charge is 2.47. The molecular weight excluding hydrogens is 711 g/mol. The molecule has 9 N–H and O–H groups in total. The SMILES string of the molecule is Nc1ncnc2c1ncn2[C@@H]1O[C@H](COP(=O)(O)OP(=O)(O)OP(=O)(O)NCCCCCCCCCCNC(=O)C2C=CC=C2)[C@@H](O)[C@H]1O. The second kappa shape index (κ2) is 17.7. The van der Waals surface area contributed by atoms with E-state index < -0.39 is 54.5 Å². The molecule has 2 aromatic heterocycles. The Morgan fingerprint density at radius 1 is 0.878 bits per heavy atom. The molecule has 7 atom stereocenters. The zero-order chi connectivity index (χ0) is 35.7. The average Bonchev–Trinajstić information content (AvgIpc) is 3.77. The minimum absolute atomic E-state index is 0.00124. The highest BCUT2D eigenvalue weighted by atomic mass is 31.3. The molecule has 4 rings (SSSR count). The van der Waals surface area contributed by atoms with Crippen molar-refractivity contribution in [1.82, 2.24) is 29.9 Å². The Bertz CT molecular complexity index is 1610. The summed E-state index contributed by atoms with van der Waals surface area (Å²) in [5.74, 6) is -0.124. The first-order valence-corrected chi connectivity index (χ1v) is 20.1. The normalized spacial score (nSPS) is 24.6. The first-order valence-electron chi connectivity index (χ1n) is 15.6. The number of nitrogen functional groups attached to an aromatic ring is 1. The van der Waals surface area contributed by atoms with Crippen molar-refractivity contribution in [1.29, 1.82) is 0 Å². The van der Waals surface area contributed by atoms with Gasteiger partial charge >= 0.3 is 23.4 Å². The zero-order valence-corrected chi connectivity index (χ0v) is 29.0. The van der Waals surface area contributed by atoms with Crippen LogP contribution in [0.15, 0.2) is 37.0 Å². The van der Waals surface area contributed by atoms with E-state index in [2.05, 4.69) is 38.5 Å². The molecule has 23 heteroatoms. The minimum atomic E-state index is -5.64. The van der Waals surface area contributed by atoms with Crippen LogP contribution in [0.2, 0.25) is 0 Å². The van der Waals surface area contributed by atoms with E-state index >= 15 is 0 Å². The highest BCUT2D eigenvalue weighted by Crippen LogP contribution is 2.66. The first-order chi connectivity index (χ1) is 23.2. The first kappa shape index (κ1) is 39.4. The second-order valence-corrected chi connectivity index (χ2v) is 16.2. The molecule has 0 saturated carbocycles. The second-order valence-electron chi connectivity index (χ2n) is 11.4. The smallest absolute Gasteiger partial charge is 0.387 e. The van der Waals surface area contributed by atoms with E-state index in [0.29, 0.717) is 19.4 Å².